The van der Waals surface area contributed by atoms with Gasteiger partial charge in [0.2, 0.25) is 0 Å². The van der Waals surface area contributed by atoms with Crippen LogP contribution < -0.4 is 19.8 Å². The molecular weight excluding hydrogens is 546 g/mol. The first-order valence-corrected chi connectivity index (χ1v) is 15.4. The van der Waals surface area contributed by atoms with E-state index in [1.807, 2.05) is 87.4 Å². The fraction of sp³-hybridized carbons (Fsp3) is 0.529. The number of likely N-dealkylation sites (tertiary alicyclic amines) is 1. The molecule has 3 heterocycles. The number of hydrogen-bond acceptors (Lipinski definition) is 7. The van der Waals surface area contributed by atoms with E-state index in [9.17, 15) is 9.59 Å². The van der Waals surface area contributed by atoms with E-state index in [2.05, 4.69) is 4.90 Å². The number of amides is 1. The first-order chi connectivity index (χ1) is 20.5. The Labute approximate surface area is 254 Å². The van der Waals surface area contributed by atoms with Crippen LogP contribution in [0.3, 0.4) is 0 Å². The maximum absolute atomic E-state index is 13.4. The SMILES string of the molecule is Cc1cc(=O)n(CCN2CCC(N(Cc3ccc4c(c3)OCCO4)C(=O)OC(C)(C)C)CC2)c2cc(OC(C)C)ccc12. The molecule has 0 unspecified atom stereocenters. The van der Waals surface area contributed by atoms with Crippen molar-refractivity contribution in [3.05, 3.63) is 63.9 Å². The van der Waals surface area contributed by atoms with Crippen molar-refractivity contribution >= 4 is 17.0 Å². The van der Waals surface area contributed by atoms with Gasteiger partial charge < -0.3 is 33.3 Å². The zero-order valence-corrected chi connectivity index (χ0v) is 26.4. The molecule has 9 nitrogen and oxygen atoms in total. The molecular formula is C34H45N3O6. The van der Waals surface area contributed by atoms with Gasteiger partial charge >= 0.3 is 6.09 Å². The zero-order chi connectivity index (χ0) is 30.7. The van der Waals surface area contributed by atoms with E-state index in [0.29, 0.717) is 32.1 Å². The van der Waals surface area contributed by atoms with E-state index in [1.54, 1.807) is 6.07 Å². The van der Waals surface area contributed by atoms with Gasteiger partial charge in [0.1, 0.15) is 24.6 Å². The average molecular weight is 592 g/mol. The summed E-state index contributed by atoms with van der Waals surface area (Å²) < 4.78 is 25.1. The lowest BCUT2D eigenvalue weighted by Crippen LogP contribution is -2.49. The average Bonchev–Trinajstić information content (AvgIpc) is 2.94. The fourth-order valence-electron chi connectivity index (χ4n) is 5.85. The quantitative estimate of drug-likeness (QED) is 0.329. The van der Waals surface area contributed by atoms with Gasteiger partial charge in [0.15, 0.2) is 11.5 Å². The number of benzene rings is 2. The van der Waals surface area contributed by atoms with E-state index in [1.165, 1.54) is 0 Å². The van der Waals surface area contributed by atoms with E-state index >= 15 is 0 Å². The van der Waals surface area contributed by atoms with Crippen LogP contribution in [0, 0.1) is 6.92 Å². The molecule has 1 saturated heterocycles. The largest absolute Gasteiger partial charge is 0.491 e. The van der Waals surface area contributed by atoms with Gasteiger partial charge in [-0.3, -0.25) is 4.79 Å². The summed E-state index contributed by atoms with van der Waals surface area (Å²) in [5, 5.41) is 1.06. The van der Waals surface area contributed by atoms with E-state index in [4.69, 9.17) is 18.9 Å². The minimum Gasteiger partial charge on any atom is -0.491 e. The third-order valence-electron chi connectivity index (χ3n) is 7.89. The van der Waals surface area contributed by atoms with E-state index < -0.39 is 5.60 Å². The predicted molar refractivity (Wildman–Crippen MR) is 167 cm³/mol. The number of nitrogens with zero attached hydrogens (tertiary/aromatic N) is 3. The Morgan fingerprint density at radius 2 is 1.72 bits per heavy atom. The molecule has 0 aliphatic carbocycles. The molecule has 1 amide bonds. The monoisotopic (exact) mass is 591 g/mol. The molecule has 3 aromatic rings. The van der Waals surface area contributed by atoms with Crippen LogP contribution in [-0.4, -0.2) is 71.1 Å². The molecule has 2 aliphatic rings. The van der Waals surface area contributed by atoms with Crippen molar-refractivity contribution in [2.45, 2.75) is 85.2 Å². The molecule has 43 heavy (non-hydrogen) atoms. The first kappa shape index (κ1) is 30.7. The van der Waals surface area contributed by atoms with Crippen LogP contribution in [0.1, 0.15) is 58.6 Å². The number of fused-ring (bicyclic) bond motifs is 2. The molecule has 2 aromatic carbocycles. The number of aryl methyl sites for hydroxylation is 1. The Kier molecular flexibility index (Phi) is 9.20. The maximum Gasteiger partial charge on any atom is 0.410 e. The third-order valence-corrected chi connectivity index (χ3v) is 7.89. The standard InChI is InChI=1S/C34H45N3O6/c1-23(2)42-27-8-9-28-24(3)19-32(38)36(29(28)21-27)16-15-35-13-11-26(12-14-35)37(33(39)43-34(4,5)6)22-25-7-10-30-31(20-25)41-18-17-40-30/h7-10,19-21,23,26H,11-18,22H2,1-6H3. The number of hydrogen-bond donors (Lipinski definition) is 0. The van der Waals surface area contributed by atoms with Gasteiger partial charge in [0.25, 0.3) is 5.56 Å². The Hall–Kier alpha value is -3.72. The maximum atomic E-state index is 13.4. The fourth-order valence-corrected chi connectivity index (χ4v) is 5.85. The molecule has 0 radical (unpaired) electrons. The number of piperidine rings is 1. The van der Waals surface area contributed by atoms with Crippen LogP contribution in [0.4, 0.5) is 4.79 Å². The van der Waals surface area contributed by atoms with Crippen molar-refractivity contribution in [1.82, 2.24) is 14.4 Å². The molecule has 2 aliphatic heterocycles. The summed E-state index contributed by atoms with van der Waals surface area (Å²) >= 11 is 0. The summed E-state index contributed by atoms with van der Waals surface area (Å²) in [6.07, 6.45) is 1.39. The molecule has 0 N–H and O–H groups in total. The van der Waals surface area contributed by atoms with Crippen LogP contribution in [0.5, 0.6) is 17.2 Å². The minimum absolute atomic E-state index is 0.00267. The molecule has 1 fully saturated rings. The first-order valence-electron chi connectivity index (χ1n) is 15.4. The zero-order valence-electron chi connectivity index (χ0n) is 26.4. The van der Waals surface area contributed by atoms with Crippen molar-refractivity contribution in [2.75, 3.05) is 32.8 Å². The van der Waals surface area contributed by atoms with Gasteiger partial charge in [0, 0.05) is 56.3 Å². The number of pyridine rings is 1. The predicted octanol–water partition coefficient (Wildman–Crippen LogP) is 5.77. The van der Waals surface area contributed by atoms with Crippen LogP contribution in [0.2, 0.25) is 0 Å². The molecule has 0 saturated carbocycles. The van der Waals surface area contributed by atoms with Gasteiger partial charge in [-0.05, 0) is 89.8 Å². The minimum atomic E-state index is -0.590. The lowest BCUT2D eigenvalue weighted by molar-refractivity contribution is 0.00562. The molecule has 5 rings (SSSR count). The third kappa shape index (κ3) is 7.63. The van der Waals surface area contributed by atoms with Gasteiger partial charge in [0.05, 0.1) is 11.6 Å². The van der Waals surface area contributed by atoms with Crippen molar-refractivity contribution < 1.29 is 23.7 Å². The van der Waals surface area contributed by atoms with Crippen molar-refractivity contribution in [1.29, 1.82) is 0 Å². The van der Waals surface area contributed by atoms with Crippen LogP contribution in [0.25, 0.3) is 10.9 Å². The molecule has 0 atom stereocenters. The van der Waals surface area contributed by atoms with Crippen LogP contribution in [0.15, 0.2) is 47.3 Å². The van der Waals surface area contributed by atoms with Gasteiger partial charge in [-0.1, -0.05) is 6.07 Å². The summed E-state index contributed by atoms with van der Waals surface area (Å²) in [7, 11) is 0. The Balaban J connectivity index is 1.27. The Morgan fingerprint density at radius 3 is 2.42 bits per heavy atom. The van der Waals surface area contributed by atoms with E-state index in [-0.39, 0.29) is 23.8 Å². The summed E-state index contributed by atoms with van der Waals surface area (Å²) in [4.78, 5) is 30.7. The second kappa shape index (κ2) is 12.9. The summed E-state index contributed by atoms with van der Waals surface area (Å²) in [6, 6.07) is 13.6. The lowest BCUT2D eigenvalue weighted by Gasteiger charge is -2.39. The summed E-state index contributed by atoms with van der Waals surface area (Å²) in [5.74, 6) is 2.21. The molecule has 232 valence electrons. The van der Waals surface area contributed by atoms with Crippen molar-refractivity contribution in [3.8, 4) is 17.2 Å². The van der Waals surface area contributed by atoms with Crippen molar-refractivity contribution in [3.63, 3.8) is 0 Å². The molecule has 1 aromatic heterocycles. The highest BCUT2D eigenvalue weighted by molar-refractivity contribution is 5.83. The summed E-state index contributed by atoms with van der Waals surface area (Å²) in [5.41, 5.74) is 2.25. The molecule has 0 spiro atoms. The number of aromatic nitrogens is 1. The second-order valence-corrected chi connectivity index (χ2v) is 12.8. The Morgan fingerprint density at radius 1 is 1.00 bits per heavy atom. The number of ether oxygens (including phenoxy) is 4. The topological polar surface area (TPSA) is 82.5 Å². The molecule has 9 heteroatoms. The van der Waals surface area contributed by atoms with E-state index in [0.717, 1.165) is 66.0 Å². The van der Waals surface area contributed by atoms with Gasteiger partial charge in [-0.15, -0.1) is 0 Å². The normalized spacial score (nSPS) is 16.0. The second-order valence-electron chi connectivity index (χ2n) is 12.8. The van der Waals surface area contributed by atoms with Gasteiger partial charge in [-0.2, -0.15) is 0 Å². The Bertz CT molecular complexity index is 1500. The van der Waals surface area contributed by atoms with Crippen LogP contribution >= 0.6 is 0 Å². The highest BCUT2D eigenvalue weighted by Crippen LogP contribution is 2.32. The van der Waals surface area contributed by atoms with Crippen LogP contribution in [-0.2, 0) is 17.8 Å². The lowest BCUT2D eigenvalue weighted by atomic mass is 10.0. The highest BCUT2D eigenvalue weighted by Gasteiger charge is 2.31. The van der Waals surface area contributed by atoms with Gasteiger partial charge in [-0.25, -0.2) is 4.79 Å². The van der Waals surface area contributed by atoms with Crippen molar-refractivity contribution in [2.24, 2.45) is 0 Å². The highest BCUT2D eigenvalue weighted by atomic mass is 16.6. The summed E-state index contributed by atoms with van der Waals surface area (Å²) in [6.45, 7) is 16.1. The number of carbonyl (C=O) groups is 1. The number of carbonyl (C=O) groups excluding carboxylic acids is 1. The molecule has 0 bridgehead atoms. The smallest absolute Gasteiger partial charge is 0.410 e. The number of rotatable bonds is 8.